The van der Waals surface area contributed by atoms with Crippen LogP contribution in [0.15, 0.2) is 23.3 Å². The molecule has 1 aliphatic rings. The minimum Gasteiger partial charge on any atom is -0.379 e. The Morgan fingerprint density at radius 3 is 2.32 bits per heavy atom. The van der Waals surface area contributed by atoms with Crippen molar-refractivity contribution in [2.75, 3.05) is 0 Å². The molecule has 1 aromatic heterocycles. The van der Waals surface area contributed by atoms with Gasteiger partial charge in [-0.2, -0.15) is 0 Å². The zero-order valence-electron chi connectivity index (χ0n) is 18.3. The first kappa shape index (κ1) is 18.9. The number of fused-ring (bicyclic) bond motifs is 2. The second-order valence-electron chi connectivity index (χ2n) is 8.70. The van der Waals surface area contributed by atoms with Crippen molar-refractivity contribution in [3.63, 3.8) is 0 Å². The van der Waals surface area contributed by atoms with Crippen molar-refractivity contribution in [1.82, 2.24) is 4.57 Å². The van der Waals surface area contributed by atoms with Crippen LogP contribution in [0, 0.1) is 41.5 Å². The lowest BCUT2D eigenvalue weighted by molar-refractivity contribution is 0.132. The lowest BCUT2D eigenvalue weighted by Gasteiger charge is -2.29. The molecule has 0 amide bonds. The van der Waals surface area contributed by atoms with E-state index in [1.165, 1.54) is 38.9 Å². The number of hydrogen-bond donors (Lipinski definition) is 1. The molecule has 3 heteroatoms. The van der Waals surface area contributed by atoms with Gasteiger partial charge in [0.25, 0.3) is 0 Å². The molecule has 1 atom stereocenters. The smallest absolute Gasteiger partial charge is 0.126 e. The molecule has 0 fully saturated rings. The van der Waals surface area contributed by atoms with Crippen LogP contribution in [0.3, 0.4) is 0 Å². The highest BCUT2D eigenvalue weighted by atomic mass is 16.3. The number of nitrogens with zero attached hydrogens (tertiary/aromatic N) is 2. The van der Waals surface area contributed by atoms with Crippen LogP contribution in [0.5, 0.6) is 0 Å². The van der Waals surface area contributed by atoms with E-state index in [0.717, 1.165) is 27.9 Å². The van der Waals surface area contributed by atoms with E-state index in [1.54, 1.807) is 0 Å². The Bertz CT molecular complexity index is 1180. The molecule has 146 valence electrons. The van der Waals surface area contributed by atoms with E-state index in [0.29, 0.717) is 6.42 Å². The summed E-state index contributed by atoms with van der Waals surface area (Å²) in [5, 5.41) is 13.0. The molecule has 4 rings (SSSR count). The number of aliphatic hydroxyl groups is 1. The molecule has 3 aromatic rings. The van der Waals surface area contributed by atoms with E-state index in [9.17, 15) is 5.11 Å². The number of hydrogen-bond acceptors (Lipinski definition) is 2. The van der Waals surface area contributed by atoms with Crippen LogP contribution in [-0.4, -0.2) is 15.4 Å². The molecule has 1 aliphatic heterocycles. The third kappa shape index (κ3) is 2.42. The summed E-state index contributed by atoms with van der Waals surface area (Å²) >= 11 is 0. The highest BCUT2D eigenvalue weighted by Gasteiger charge is 2.37. The van der Waals surface area contributed by atoms with Crippen molar-refractivity contribution in [3.05, 3.63) is 62.8 Å². The highest BCUT2D eigenvalue weighted by Crippen LogP contribution is 2.42. The molecule has 0 radical (unpaired) electrons. The summed E-state index contributed by atoms with van der Waals surface area (Å²) < 4.78 is 2.15. The van der Waals surface area contributed by atoms with Gasteiger partial charge < -0.3 is 9.67 Å². The van der Waals surface area contributed by atoms with Crippen LogP contribution in [0.25, 0.3) is 10.9 Å². The number of aryl methyl sites for hydroxylation is 3. The zero-order valence-corrected chi connectivity index (χ0v) is 18.3. The van der Waals surface area contributed by atoms with Crippen LogP contribution in [0.4, 0.5) is 5.69 Å². The van der Waals surface area contributed by atoms with Crippen molar-refractivity contribution >= 4 is 22.3 Å². The standard InChI is InChI=1S/C25H30N2O/c1-13-11-19-12-21(26-23(19)17(5)14(13)2)25(7,28)22-16(4)15(3)18(6)24-20(22)9-10-27(24)8/h9-11,28H,12H2,1-8H3. The average Bonchev–Trinajstić information content (AvgIpc) is 3.22. The number of benzene rings is 2. The highest BCUT2D eigenvalue weighted by molar-refractivity contribution is 6.04. The van der Waals surface area contributed by atoms with Gasteiger partial charge in [-0.3, -0.25) is 4.99 Å². The van der Waals surface area contributed by atoms with Crippen LogP contribution >= 0.6 is 0 Å². The fourth-order valence-corrected chi connectivity index (χ4v) is 4.90. The Labute approximate surface area is 167 Å². The number of aromatic nitrogens is 1. The van der Waals surface area contributed by atoms with E-state index < -0.39 is 5.60 Å². The summed E-state index contributed by atoms with van der Waals surface area (Å²) in [5.74, 6) is 0. The Hall–Kier alpha value is -2.39. The summed E-state index contributed by atoms with van der Waals surface area (Å²) in [7, 11) is 2.07. The Morgan fingerprint density at radius 1 is 0.964 bits per heavy atom. The SMILES string of the molecule is Cc1cc2c(c(C)c1C)N=C(C(C)(O)c1c(C)c(C)c(C)c3c1ccn3C)C2. The third-order valence-electron chi connectivity index (χ3n) is 7.05. The first-order valence-corrected chi connectivity index (χ1v) is 10.0. The molecule has 28 heavy (non-hydrogen) atoms. The molecular formula is C25H30N2O. The Kier molecular flexibility index (Phi) is 4.10. The summed E-state index contributed by atoms with van der Waals surface area (Å²) in [6.07, 6.45) is 2.78. The number of aliphatic imine (C=N–C) groups is 1. The minimum atomic E-state index is -1.12. The van der Waals surface area contributed by atoms with Gasteiger partial charge >= 0.3 is 0 Å². The monoisotopic (exact) mass is 374 g/mol. The van der Waals surface area contributed by atoms with Crippen molar-refractivity contribution in [1.29, 1.82) is 0 Å². The Balaban J connectivity index is 1.95. The topological polar surface area (TPSA) is 37.5 Å². The van der Waals surface area contributed by atoms with E-state index in [4.69, 9.17) is 4.99 Å². The van der Waals surface area contributed by atoms with Gasteiger partial charge in [0.05, 0.1) is 16.9 Å². The predicted octanol–water partition coefficient (Wildman–Crippen LogP) is 5.57. The van der Waals surface area contributed by atoms with Gasteiger partial charge in [-0.1, -0.05) is 6.07 Å². The lowest BCUT2D eigenvalue weighted by Crippen LogP contribution is -2.34. The molecular weight excluding hydrogens is 344 g/mol. The van der Waals surface area contributed by atoms with Gasteiger partial charge in [-0.15, -0.1) is 0 Å². The minimum absolute atomic E-state index is 0.699. The first-order chi connectivity index (χ1) is 13.1. The zero-order chi connectivity index (χ0) is 20.5. The maximum absolute atomic E-state index is 11.9. The third-order valence-corrected chi connectivity index (χ3v) is 7.05. The van der Waals surface area contributed by atoms with E-state index in [2.05, 4.69) is 71.5 Å². The van der Waals surface area contributed by atoms with Crippen LogP contribution < -0.4 is 0 Å². The fraction of sp³-hybridized carbons (Fsp3) is 0.400. The predicted molar refractivity (Wildman–Crippen MR) is 118 cm³/mol. The quantitative estimate of drug-likeness (QED) is 0.626. The van der Waals surface area contributed by atoms with Crippen LogP contribution in [0.1, 0.15) is 51.4 Å². The van der Waals surface area contributed by atoms with Gasteiger partial charge in [0.15, 0.2) is 0 Å². The van der Waals surface area contributed by atoms with Gasteiger partial charge in [0.2, 0.25) is 0 Å². The molecule has 3 nitrogen and oxygen atoms in total. The maximum atomic E-state index is 11.9. The summed E-state index contributed by atoms with van der Waals surface area (Å²) in [4.78, 5) is 4.97. The van der Waals surface area contributed by atoms with Crippen LogP contribution in [0.2, 0.25) is 0 Å². The van der Waals surface area contributed by atoms with Gasteiger partial charge in [-0.25, -0.2) is 0 Å². The molecule has 2 heterocycles. The normalized spacial score (nSPS) is 15.7. The summed E-state index contributed by atoms with van der Waals surface area (Å²) in [6.45, 7) is 14.8. The molecule has 1 N–H and O–H groups in total. The average molecular weight is 375 g/mol. The fourth-order valence-electron chi connectivity index (χ4n) is 4.90. The number of rotatable bonds is 2. The summed E-state index contributed by atoms with van der Waals surface area (Å²) in [5.41, 5.74) is 11.7. The molecule has 0 spiro atoms. The molecule has 0 aliphatic carbocycles. The van der Waals surface area contributed by atoms with E-state index in [1.807, 2.05) is 6.92 Å². The van der Waals surface area contributed by atoms with Crippen LogP contribution in [-0.2, 0) is 19.1 Å². The molecule has 1 unspecified atom stereocenters. The van der Waals surface area contributed by atoms with Gasteiger partial charge in [0.1, 0.15) is 5.60 Å². The second-order valence-corrected chi connectivity index (χ2v) is 8.70. The van der Waals surface area contributed by atoms with E-state index in [-0.39, 0.29) is 0 Å². The van der Waals surface area contributed by atoms with E-state index >= 15 is 0 Å². The first-order valence-electron chi connectivity index (χ1n) is 10.0. The van der Waals surface area contributed by atoms with Crippen molar-refractivity contribution < 1.29 is 5.11 Å². The van der Waals surface area contributed by atoms with Gasteiger partial charge in [0, 0.05) is 30.6 Å². The molecule has 2 aromatic carbocycles. The summed E-state index contributed by atoms with van der Waals surface area (Å²) in [6, 6.07) is 4.36. The van der Waals surface area contributed by atoms with Crippen molar-refractivity contribution in [2.45, 2.75) is 60.5 Å². The molecule has 0 bridgehead atoms. The van der Waals surface area contributed by atoms with Crippen molar-refractivity contribution in [2.24, 2.45) is 12.0 Å². The molecule has 0 saturated heterocycles. The largest absolute Gasteiger partial charge is 0.379 e. The second kappa shape index (κ2) is 6.05. The van der Waals surface area contributed by atoms with Gasteiger partial charge in [-0.05, 0) is 93.5 Å². The van der Waals surface area contributed by atoms with Crippen molar-refractivity contribution in [3.8, 4) is 0 Å². The Morgan fingerprint density at radius 2 is 1.64 bits per heavy atom. The maximum Gasteiger partial charge on any atom is 0.126 e. The lowest BCUT2D eigenvalue weighted by atomic mass is 9.81. The molecule has 0 saturated carbocycles.